The van der Waals surface area contributed by atoms with Crippen LogP contribution in [0.1, 0.15) is 37.5 Å². The van der Waals surface area contributed by atoms with E-state index in [9.17, 15) is 14.4 Å². The van der Waals surface area contributed by atoms with Gasteiger partial charge in [-0.15, -0.1) is 5.10 Å². The number of anilines is 1. The fourth-order valence-electron chi connectivity index (χ4n) is 3.22. The molecule has 1 aliphatic rings. The second kappa shape index (κ2) is 8.52. The summed E-state index contributed by atoms with van der Waals surface area (Å²) in [7, 11) is 1.57. The average molecular weight is 422 g/mol. The molecule has 0 saturated heterocycles. The molecule has 0 radical (unpaired) electrons. The van der Waals surface area contributed by atoms with Crippen LogP contribution in [-0.2, 0) is 4.74 Å². The molecule has 0 atom stereocenters. The molecule has 0 spiro atoms. The van der Waals surface area contributed by atoms with Crippen LogP contribution in [0, 0.1) is 0 Å². The van der Waals surface area contributed by atoms with Gasteiger partial charge >= 0.3 is 0 Å². The lowest BCUT2D eigenvalue weighted by Gasteiger charge is -2.12. The van der Waals surface area contributed by atoms with Gasteiger partial charge in [-0.05, 0) is 53.8 Å². The van der Waals surface area contributed by atoms with Crippen molar-refractivity contribution in [3.05, 3.63) is 65.4 Å². The summed E-state index contributed by atoms with van der Waals surface area (Å²) in [6.45, 7) is 0.739. The van der Waals surface area contributed by atoms with Gasteiger partial charge in [-0.1, -0.05) is 16.6 Å². The van der Waals surface area contributed by atoms with E-state index in [2.05, 4.69) is 14.9 Å². The molecule has 152 valence electrons. The molecular formula is C21H18N4O4S. The predicted octanol–water partition coefficient (Wildman–Crippen LogP) is 3.09. The lowest BCUT2D eigenvalue weighted by Crippen LogP contribution is -2.31. The Balaban J connectivity index is 1.47. The fraction of sp³-hybridized carbons (Fsp3) is 0.190. The van der Waals surface area contributed by atoms with E-state index in [-0.39, 0.29) is 29.8 Å². The molecule has 30 heavy (non-hydrogen) atoms. The predicted molar refractivity (Wildman–Crippen MR) is 112 cm³/mol. The highest BCUT2D eigenvalue weighted by molar-refractivity contribution is 7.09. The molecule has 0 unspecified atom stereocenters. The van der Waals surface area contributed by atoms with Crippen molar-refractivity contribution in [3.8, 4) is 10.4 Å². The summed E-state index contributed by atoms with van der Waals surface area (Å²) in [5, 5.41) is 6.62. The molecule has 1 aliphatic heterocycles. The fourth-order valence-corrected chi connectivity index (χ4v) is 3.74. The van der Waals surface area contributed by atoms with Crippen molar-refractivity contribution in [2.45, 2.75) is 6.42 Å². The summed E-state index contributed by atoms with van der Waals surface area (Å²) < 4.78 is 8.81. The number of aromatic nitrogens is 2. The van der Waals surface area contributed by atoms with Gasteiger partial charge in [0.05, 0.1) is 22.2 Å². The van der Waals surface area contributed by atoms with Gasteiger partial charge in [0.15, 0.2) is 0 Å². The summed E-state index contributed by atoms with van der Waals surface area (Å²) in [6.07, 6.45) is 2.24. The molecule has 0 bridgehead atoms. The van der Waals surface area contributed by atoms with E-state index in [1.807, 2.05) is 12.1 Å². The topological polar surface area (TPSA) is 101 Å². The van der Waals surface area contributed by atoms with Crippen LogP contribution in [0.3, 0.4) is 0 Å². The third-order valence-corrected chi connectivity index (χ3v) is 5.47. The number of carbonyl (C=O) groups is 3. The van der Waals surface area contributed by atoms with Crippen molar-refractivity contribution in [1.29, 1.82) is 0 Å². The lowest BCUT2D eigenvalue weighted by molar-refractivity contribution is 0.0638. The number of carbonyl (C=O) groups excluding carboxylic acids is 3. The zero-order chi connectivity index (χ0) is 21.1. The van der Waals surface area contributed by atoms with Crippen LogP contribution < -0.4 is 5.32 Å². The molecule has 4 rings (SSSR count). The van der Waals surface area contributed by atoms with Gasteiger partial charge < -0.3 is 10.1 Å². The standard InChI is InChI=1S/C21H18N4O4S/c1-29-10-2-9-25-20(27)16-8-5-14(11-17(16)21(25)28)19(26)23-15-6-3-13(4-7-15)18-12-22-24-30-18/h3-8,11-12H,2,9-10H2,1H3,(H,23,26). The number of methoxy groups -OCH3 is 1. The van der Waals surface area contributed by atoms with Crippen LogP contribution in [0.25, 0.3) is 10.4 Å². The number of benzene rings is 2. The van der Waals surface area contributed by atoms with Gasteiger partial charge in [-0.2, -0.15) is 0 Å². The Morgan fingerprint density at radius 3 is 2.57 bits per heavy atom. The minimum atomic E-state index is -0.386. The molecule has 0 aliphatic carbocycles. The molecule has 2 aromatic carbocycles. The molecule has 1 N–H and O–H groups in total. The van der Waals surface area contributed by atoms with Crippen molar-refractivity contribution in [1.82, 2.24) is 14.5 Å². The first-order valence-electron chi connectivity index (χ1n) is 9.27. The summed E-state index contributed by atoms with van der Waals surface area (Å²) in [5.41, 5.74) is 2.45. The third kappa shape index (κ3) is 3.85. The first-order valence-corrected chi connectivity index (χ1v) is 10.0. The molecular weight excluding hydrogens is 404 g/mol. The molecule has 0 saturated carbocycles. The summed E-state index contributed by atoms with van der Waals surface area (Å²) >= 11 is 1.29. The largest absolute Gasteiger partial charge is 0.385 e. The second-order valence-corrected chi connectivity index (χ2v) is 7.47. The summed E-state index contributed by atoms with van der Waals surface area (Å²) in [4.78, 5) is 39.8. The van der Waals surface area contributed by atoms with Crippen molar-refractivity contribution in [2.75, 3.05) is 25.6 Å². The maximum atomic E-state index is 12.7. The monoisotopic (exact) mass is 422 g/mol. The summed E-state index contributed by atoms with van der Waals surface area (Å²) in [5.74, 6) is -1.09. The highest BCUT2D eigenvalue weighted by Gasteiger charge is 2.35. The Labute approximate surface area is 176 Å². The average Bonchev–Trinajstić information content (AvgIpc) is 3.38. The van der Waals surface area contributed by atoms with Crippen LogP contribution in [0.4, 0.5) is 5.69 Å². The van der Waals surface area contributed by atoms with Crippen LogP contribution in [0.15, 0.2) is 48.7 Å². The maximum Gasteiger partial charge on any atom is 0.261 e. The molecule has 8 nitrogen and oxygen atoms in total. The molecule has 3 amide bonds. The quantitative estimate of drug-likeness (QED) is 0.464. The highest BCUT2D eigenvalue weighted by atomic mass is 32.1. The minimum absolute atomic E-state index is 0.248. The van der Waals surface area contributed by atoms with Crippen LogP contribution in [0.2, 0.25) is 0 Å². The number of hydrogen-bond acceptors (Lipinski definition) is 7. The van der Waals surface area contributed by atoms with E-state index < -0.39 is 0 Å². The number of rotatable bonds is 7. The Kier molecular flexibility index (Phi) is 5.64. The number of nitrogens with one attached hydrogen (secondary N) is 1. The zero-order valence-electron chi connectivity index (χ0n) is 16.1. The molecule has 3 aromatic rings. The minimum Gasteiger partial charge on any atom is -0.385 e. The maximum absolute atomic E-state index is 12.7. The highest BCUT2D eigenvalue weighted by Crippen LogP contribution is 2.26. The van der Waals surface area contributed by atoms with E-state index in [1.54, 1.807) is 31.5 Å². The van der Waals surface area contributed by atoms with E-state index in [0.717, 1.165) is 10.4 Å². The number of fused-ring (bicyclic) bond motifs is 1. The van der Waals surface area contributed by atoms with Gasteiger partial charge in [0.2, 0.25) is 0 Å². The van der Waals surface area contributed by atoms with Gasteiger partial charge in [-0.25, -0.2) is 0 Å². The SMILES string of the molecule is COCCCN1C(=O)c2ccc(C(=O)Nc3ccc(-c4cnns4)cc3)cc2C1=O. The van der Waals surface area contributed by atoms with Gasteiger partial charge in [0.25, 0.3) is 17.7 Å². The van der Waals surface area contributed by atoms with Crippen molar-refractivity contribution in [2.24, 2.45) is 0 Å². The zero-order valence-corrected chi connectivity index (χ0v) is 16.9. The van der Waals surface area contributed by atoms with E-state index >= 15 is 0 Å². The Morgan fingerprint density at radius 1 is 1.10 bits per heavy atom. The van der Waals surface area contributed by atoms with Gasteiger partial charge in [0, 0.05) is 31.5 Å². The molecule has 1 aromatic heterocycles. The number of hydrogen-bond donors (Lipinski definition) is 1. The van der Waals surface area contributed by atoms with Crippen molar-refractivity contribution < 1.29 is 19.1 Å². The Morgan fingerprint density at radius 2 is 1.87 bits per heavy atom. The van der Waals surface area contributed by atoms with Crippen molar-refractivity contribution in [3.63, 3.8) is 0 Å². The first-order chi connectivity index (χ1) is 14.6. The Bertz CT molecular complexity index is 1100. The number of imide groups is 1. The third-order valence-electron chi connectivity index (χ3n) is 4.75. The van der Waals surface area contributed by atoms with E-state index in [4.69, 9.17) is 4.74 Å². The molecule has 9 heteroatoms. The van der Waals surface area contributed by atoms with Gasteiger partial charge in [0.1, 0.15) is 0 Å². The van der Waals surface area contributed by atoms with Crippen molar-refractivity contribution >= 4 is 34.9 Å². The molecule has 0 fully saturated rings. The first kappa shape index (κ1) is 19.9. The van der Waals surface area contributed by atoms with Crippen LogP contribution >= 0.6 is 11.5 Å². The van der Waals surface area contributed by atoms with Crippen LogP contribution in [-0.4, -0.2) is 52.5 Å². The Hall–Kier alpha value is -3.43. The van der Waals surface area contributed by atoms with E-state index in [0.29, 0.717) is 29.8 Å². The second-order valence-electron chi connectivity index (χ2n) is 6.68. The molecule has 2 heterocycles. The smallest absolute Gasteiger partial charge is 0.261 e. The van der Waals surface area contributed by atoms with E-state index in [1.165, 1.54) is 28.6 Å². The number of nitrogens with zero attached hydrogens (tertiary/aromatic N) is 3. The van der Waals surface area contributed by atoms with Crippen LogP contribution in [0.5, 0.6) is 0 Å². The number of ether oxygens (including phenoxy) is 1. The number of amides is 3. The lowest BCUT2D eigenvalue weighted by atomic mass is 10.1. The summed E-state index contributed by atoms with van der Waals surface area (Å²) in [6, 6.07) is 11.9. The van der Waals surface area contributed by atoms with Gasteiger partial charge in [-0.3, -0.25) is 19.3 Å². The normalized spacial score (nSPS) is 12.9.